The standard InChI is InChI=1S/C5H7NO2S/c1-3(7)4-2-9-5(8)6-4/h4,7H,1-2H2,(H,6,8). The van der Waals surface area contributed by atoms with E-state index < -0.39 is 0 Å². The molecule has 0 aromatic rings. The van der Waals surface area contributed by atoms with Crippen LogP contribution in [0.1, 0.15) is 0 Å². The Morgan fingerprint density at radius 1 is 2.00 bits per heavy atom. The number of hydrogen-bond acceptors (Lipinski definition) is 3. The first-order valence-electron chi connectivity index (χ1n) is 2.51. The molecular formula is C5H7NO2S. The molecule has 3 nitrogen and oxygen atoms in total. The number of aliphatic hydroxyl groups excluding tert-OH is 1. The molecule has 1 fully saturated rings. The monoisotopic (exact) mass is 145 g/mol. The normalized spacial score (nSPS) is 25.8. The van der Waals surface area contributed by atoms with E-state index in [1.54, 1.807) is 0 Å². The lowest BCUT2D eigenvalue weighted by molar-refractivity contribution is 0.258. The Balaban J connectivity index is 2.48. The minimum Gasteiger partial charge on any atom is -0.511 e. The van der Waals surface area contributed by atoms with Gasteiger partial charge in [-0.3, -0.25) is 4.79 Å². The second-order valence-corrected chi connectivity index (χ2v) is 2.78. The van der Waals surface area contributed by atoms with Gasteiger partial charge in [0.05, 0.1) is 6.04 Å². The lowest BCUT2D eigenvalue weighted by atomic mass is 10.3. The molecule has 1 heterocycles. The Kier molecular flexibility index (Phi) is 1.66. The first-order valence-corrected chi connectivity index (χ1v) is 3.50. The molecule has 0 aromatic carbocycles. The third-order valence-electron chi connectivity index (χ3n) is 1.08. The molecule has 0 bridgehead atoms. The van der Waals surface area contributed by atoms with Gasteiger partial charge < -0.3 is 10.4 Å². The van der Waals surface area contributed by atoms with Gasteiger partial charge in [0.15, 0.2) is 0 Å². The van der Waals surface area contributed by atoms with Crippen LogP contribution in [-0.4, -0.2) is 22.1 Å². The predicted octanol–water partition coefficient (Wildman–Crippen LogP) is 0.883. The van der Waals surface area contributed by atoms with E-state index in [0.29, 0.717) is 5.75 Å². The highest BCUT2D eigenvalue weighted by atomic mass is 32.2. The van der Waals surface area contributed by atoms with Crippen LogP contribution in [0, 0.1) is 0 Å². The van der Waals surface area contributed by atoms with Crippen molar-refractivity contribution in [2.75, 3.05) is 5.75 Å². The van der Waals surface area contributed by atoms with Gasteiger partial charge in [0, 0.05) is 5.75 Å². The third kappa shape index (κ3) is 1.38. The highest BCUT2D eigenvalue weighted by Gasteiger charge is 2.23. The Hall–Kier alpha value is -0.640. The summed E-state index contributed by atoms with van der Waals surface area (Å²) in [6, 6.07) is -0.234. The molecule has 0 saturated carbocycles. The topological polar surface area (TPSA) is 49.3 Å². The number of amides is 1. The second-order valence-electron chi connectivity index (χ2n) is 1.79. The summed E-state index contributed by atoms with van der Waals surface area (Å²) in [5, 5.41) is 11.2. The van der Waals surface area contributed by atoms with E-state index in [1.165, 1.54) is 0 Å². The van der Waals surface area contributed by atoms with Crippen LogP contribution in [0.3, 0.4) is 0 Å². The van der Waals surface area contributed by atoms with Crippen LogP contribution in [0.2, 0.25) is 0 Å². The second kappa shape index (κ2) is 2.31. The lowest BCUT2D eigenvalue weighted by Crippen LogP contribution is -2.27. The number of carbonyl (C=O) groups is 1. The van der Waals surface area contributed by atoms with Crippen LogP contribution < -0.4 is 5.32 Å². The van der Waals surface area contributed by atoms with E-state index in [-0.39, 0.29) is 17.0 Å². The van der Waals surface area contributed by atoms with Gasteiger partial charge in [-0.1, -0.05) is 18.3 Å². The lowest BCUT2D eigenvalue weighted by Gasteiger charge is -2.03. The smallest absolute Gasteiger partial charge is 0.279 e. The van der Waals surface area contributed by atoms with Gasteiger partial charge in [-0.05, 0) is 0 Å². The van der Waals surface area contributed by atoms with Crippen molar-refractivity contribution in [2.24, 2.45) is 0 Å². The zero-order valence-corrected chi connectivity index (χ0v) is 5.57. The van der Waals surface area contributed by atoms with E-state index in [0.717, 1.165) is 11.8 Å². The van der Waals surface area contributed by atoms with Crippen molar-refractivity contribution in [1.29, 1.82) is 0 Å². The minimum atomic E-state index is -0.234. The summed E-state index contributed by atoms with van der Waals surface area (Å²) < 4.78 is 0. The van der Waals surface area contributed by atoms with E-state index in [4.69, 9.17) is 5.11 Å². The molecule has 2 N–H and O–H groups in total. The van der Waals surface area contributed by atoms with Crippen LogP contribution in [0.4, 0.5) is 4.79 Å². The first-order chi connectivity index (χ1) is 4.20. The molecule has 1 aliphatic rings. The Morgan fingerprint density at radius 2 is 2.67 bits per heavy atom. The molecule has 0 spiro atoms. The van der Waals surface area contributed by atoms with E-state index >= 15 is 0 Å². The average molecular weight is 145 g/mol. The molecule has 1 unspecified atom stereocenters. The van der Waals surface area contributed by atoms with Gasteiger partial charge in [0.2, 0.25) is 0 Å². The van der Waals surface area contributed by atoms with Gasteiger partial charge in [-0.25, -0.2) is 0 Å². The van der Waals surface area contributed by atoms with Gasteiger partial charge >= 0.3 is 0 Å². The number of hydrogen-bond donors (Lipinski definition) is 2. The van der Waals surface area contributed by atoms with Gasteiger partial charge in [-0.2, -0.15) is 0 Å². The molecule has 1 amide bonds. The molecule has 0 aliphatic carbocycles. The van der Waals surface area contributed by atoms with Crippen molar-refractivity contribution in [3.63, 3.8) is 0 Å². The zero-order chi connectivity index (χ0) is 6.85. The van der Waals surface area contributed by atoms with Crippen LogP contribution >= 0.6 is 11.8 Å². The molecule has 1 saturated heterocycles. The summed E-state index contributed by atoms with van der Waals surface area (Å²) in [7, 11) is 0. The molecule has 0 radical (unpaired) electrons. The average Bonchev–Trinajstić information content (AvgIpc) is 2.14. The summed E-state index contributed by atoms with van der Waals surface area (Å²) in [6.45, 7) is 3.30. The fraction of sp³-hybridized carbons (Fsp3) is 0.400. The quantitative estimate of drug-likeness (QED) is 0.538. The SMILES string of the molecule is C=C(O)C1CSC(=O)N1. The van der Waals surface area contributed by atoms with Crippen LogP contribution in [0.15, 0.2) is 12.3 Å². The van der Waals surface area contributed by atoms with Crippen molar-refractivity contribution >= 4 is 17.0 Å². The maximum atomic E-state index is 10.5. The molecule has 1 aliphatic heterocycles. The van der Waals surface area contributed by atoms with Crippen molar-refractivity contribution in [3.8, 4) is 0 Å². The third-order valence-corrected chi connectivity index (χ3v) is 1.96. The summed E-state index contributed by atoms with van der Waals surface area (Å²) in [5.41, 5.74) is 0. The van der Waals surface area contributed by atoms with E-state index in [9.17, 15) is 4.79 Å². The van der Waals surface area contributed by atoms with Crippen molar-refractivity contribution in [2.45, 2.75) is 6.04 Å². The summed E-state index contributed by atoms with van der Waals surface area (Å²) >= 11 is 1.16. The Morgan fingerprint density at radius 3 is 2.89 bits per heavy atom. The number of rotatable bonds is 1. The fourth-order valence-electron chi connectivity index (χ4n) is 0.564. The van der Waals surface area contributed by atoms with E-state index in [1.807, 2.05) is 0 Å². The zero-order valence-electron chi connectivity index (χ0n) is 4.76. The predicted molar refractivity (Wildman–Crippen MR) is 36.5 cm³/mol. The van der Waals surface area contributed by atoms with Crippen molar-refractivity contribution in [3.05, 3.63) is 12.3 Å². The molecule has 9 heavy (non-hydrogen) atoms. The summed E-state index contributed by atoms with van der Waals surface area (Å²) in [4.78, 5) is 10.5. The largest absolute Gasteiger partial charge is 0.511 e. The molecule has 1 atom stereocenters. The Bertz CT molecular complexity index is 157. The van der Waals surface area contributed by atoms with Gasteiger partial charge in [0.1, 0.15) is 5.76 Å². The van der Waals surface area contributed by atoms with Crippen molar-refractivity contribution in [1.82, 2.24) is 5.32 Å². The highest BCUT2D eigenvalue weighted by molar-refractivity contribution is 8.14. The summed E-state index contributed by atoms with van der Waals surface area (Å²) in [5.74, 6) is 0.627. The first kappa shape index (κ1) is 6.48. The summed E-state index contributed by atoms with van der Waals surface area (Å²) in [6.07, 6.45) is 0. The van der Waals surface area contributed by atoms with Crippen LogP contribution in [0.5, 0.6) is 0 Å². The number of aliphatic hydroxyl groups is 1. The van der Waals surface area contributed by atoms with Crippen LogP contribution in [-0.2, 0) is 0 Å². The maximum absolute atomic E-state index is 10.5. The molecule has 4 heteroatoms. The molecular weight excluding hydrogens is 138 g/mol. The van der Waals surface area contributed by atoms with Crippen molar-refractivity contribution < 1.29 is 9.90 Å². The molecule has 1 rings (SSSR count). The Labute approximate surface area is 57.1 Å². The van der Waals surface area contributed by atoms with Gasteiger partial charge in [-0.15, -0.1) is 0 Å². The number of carbonyl (C=O) groups excluding carboxylic acids is 1. The fourth-order valence-corrected chi connectivity index (χ4v) is 1.38. The highest BCUT2D eigenvalue weighted by Crippen LogP contribution is 2.15. The van der Waals surface area contributed by atoms with Gasteiger partial charge in [0.25, 0.3) is 5.24 Å². The van der Waals surface area contributed by atoms with E-state index in [2.05, 4.69) is 11.9 Å². The minimum absolute atomic E-state index is 0.0355. The van der Waals surface area contributed by atoms with Crippen LogP contribution in [0.25, 0.3) is 0 Å². The number of thioether (sulfide) groups is 1. The molecule has 0 aromatic heterocycles. The number of nitrogens with one attached hydrogen (secondary N) is 1. The molecule has 50 valence electrons. The maximum Gasteiger partial charge on any atom is 0.279 e.